The van der Waals surface area contributed by atoms with Gasteiger partial charge in [-0.05, 0) is 88.6 Å². The van der Waals surface area contributed by atoms with E-state index in [1.54, 1.807) is 49.6 Å². The Morgan fingerprint density at radius 3 is 2.17 bits per heavy atom. The van der Waals surface area contributed by atoms with E-state index in [-0.39, 0.29) is 17.3 Å². The molecule has 1 N–H and O–H groups in total. The number of ether oxygens (including phenoxy) is 1. The normalized spacial score (nSPS) is 12.4. The molecule has 220 valence electrons. The molecule has 0 radical (unpaired) electrons. The molecule has 0 saturated heterocycles. The van der Waals surface area contributed by atoms with Gasteiger partial charge in [0.25, 0.3) is 10.0 Å². The second-order valence-electron chi connectivity index (χ2n) is 11.2. The highest BCUT2D eigenvalue weighted by atomic mass is 32.2. The molecule has 9 heteroatoms. The van der Waals surface area contributed by atoms with Crippen LogP contribution in [-0.4, -0.2) is 50.4 Å². The lowest BCUT2D eigenvalue weighted by Gasteiger charge is -2.35. The van der Waals surface area contributed by atoms with Crippen molar-refractivity contribution in [3.8, 4) is 5.75 Å². The van der Waals surface area contributed by atoms with Crippen LogP contribution in [0.5, 0.6) is 5.75 Å². The number of rotatable bonds is 11. The molecular formula is C32H41N3O5S. The summed E-state index contributed by atoms with van der Waals surface area (Å²) in [5.74, 6) is -0.189. The van der Waals surface area contributed by atoms with Gasteiger partial charge in [-0.3, -0.25) is 13.9 Å². The highest BCUT2D eigenvalue weighted by Crippen LogP contribution is 2.26. The van der Waals surface area contributed by atoms with Gasteiger partial charge in [-0.1, -0.05) is 48.9 Å². The molecule has 0 saturated carbocycles. The van der Waals surface area contributed by atoms with Crippen molar-refractivity contribution in [1.29, 1.82) is 0 Å². The summed E-state index contributed by atoms with van der Waals surface area (Å²) in [6.07, 6.45) is 0.340. The summed E-state index contributed by atoms with van der Waals surface area (Å²) < 4.78 is 34.4. The van der Waals surface area contributed by atoms with Crippen LogP contribution in [0.15, 0.2) is 77.7 Å². The Hall–Kier alpha value is -3.85. The maximum Gasteiger partial charge on any atom is 0.264 e. The van der Waals surface area contributed by atoms with Crippen molar-refractivity contribution in [2.75, 3.05) is 18.0 Å². The lowest BCUT2D eigenvalue weighted by molar-refractivity contribution is -0.141. The first-order valence-corrected chi connectivity index (χ1v) is 15.1. The molecule has 0 aliphatic heterocycles. The molecule has 0 aliphatic rings. The fraction of sp³-hybridized carbons (Fsp3) is 0.375. The zero-order valence-electron chi connectivity index (χ0n) is 25.0. The number of methoxy groups -OCH3 is 1. The summed E-state index contributed by atoms with van der Waals surface area (Å²) >= 11 is 0. The van der Waals surface area contributed by atoms with Crippen molar-refractivity contribution < 1.29 is 22.7 Å². The van der Waals surface area contributed by atoms with Crippen molar-refractivity contribution in [3.63, 3.8) is 0 Å². The van der Waals surface area contributed by atoms with E-state index in [0.29, 0.717) is 17.9 Å². The van der Waals surface area contributed by atoms with E-state index in [0.717, 1.165) is 21.0 Å². The Kier molecular flexibility index (Phi) is 10.2. The van der Waals surface area contributed by atoms with E-state index in [9.17, 15) is 18.0 Å². The summed E-state index contributed by atoms with van der Waals surface area (Å²) in [4.78, 5) is 29.2. The highest BCUT2D eigenvalue weighted by Gasteiger charge is 2.34. The molecule has 2 amide bonds. The van der Waals surface area contributed by atoms with Crippen LogP contribution in [0, 0.1) is 13.8 Å². The summed E-state index contributed by atoms with van der Waals surface area (Å²) in [6, 6.07) is 20.0. The second-order valence-corrected chi connectivity index (χ2v) is 13.1. The number of hydrogen-bond acceptors (Lipinski definition) is 5. The number of carbonyl (C=O) groups is 2. The molecule has 0 unspecified atom stereocenters. The molecule has 0 heterocycles. The van der Waals surface area contributed by atoms with Crippen LogP contribution in [0.25, 0.3) is 0 Å². The average molecular weight is 580 g/mol. The topological polar surface area (TPSA) is 96.0 Å². The zero-order valence-corrected chi connectivity index (χ0v) is 25.8. The Morgan fingerprint density at radius 2 is 1.59 bits per heavy atom. The van der Waals surface area contributed by atoms with Crippen LogP contribution in [-0.2, 0) is 26.2 Å². The molecule has 0 fully saturated rings. The molecular weight excluding hydrogens is 538 g/mol. The monoisotopic (exact) mass is 579 g/mol. The minimum atomic E-state index is -4.12. The number of carbonyl (C=O) groups excluding carboxylic acids is 2. The summed E-state index contributed by atoms with van der Waals surface area (Å²) in [5, 5.41) is 2.98. The van der Waals surface area contributed by atoms with E-state index in [1.807, 2.05) is 59.7 Å². The van der Waals surface area contributed by atoms with Crippen LogP contribution in [0.3, 0.4) is 0 Å². The first-order chi connectivity index (χ1) is 19.2. The Labute approximate surface area is 244 Å². The number of amides is 2. The van der Waals surface area contributed by atoms with Gasteiger partial charge in [-0.25, -0.2) is 8.42 Å². The Balaban J connectivity index is 2.08. The molecule has 3 aromatic carbocycles. The van der Waals surface area contributed by atoms with E-state index in [4.69, 9.17) is 4.74 Å². The minimum Gasteiger partial charge on any atom is -0.497 e. The van der Waals surface area contributed by atoms with E-state index in [2.05, 4.69) is 5.32 Å². The van der Waals surface area contributed by atoms with Gasteiger partial charge in [0, 0.05) is 12.1 Å². The highest BCUT2D eigenvalue weighted by molar-refractivity contribution is 7.92. The van der Waals surface area contributed by atoms with Crippen LogP contribution in [0.1, 0.15) is 50.8 Å². The lowest BCUT2D eigenvalue weighted by Crippen LogP contribution is -2.55. The van der Waals surface area contributed by atoms with Crippen molar-refractivity contribution in [2.45, 2.75) is 71.0 Å². The number of anilines is 1. The standard InChI is InChI=1S/C32H41N3O5S/c1-8-29(31(37)33-32(4,5)6)34(21-25-12-10-14-27(20-25)40-7)30(36)22-35(26-13-9-11-24(3)19-26)41(38,39)28-17-15-23(2)16-18-28/h9-20,29H,8,21-22H2,1-7H3,(H,33,37)/t29-/m0/s1. The molecule has 8 nitrogen and oxygen atoms in total. The quantitative estimate of drug-likeness (QED) is 0.336. The zero-order chi connectivity index (χ0) is 30.4. The number of sulfonamides is 1. The molecule has 41 heavy (non-hydrogen) atoms. The maximum atomic E-state index is 14.2. The Morgan fingerprint density at radius 1 is 0.927 bits per heavy atom. The van der Waals surface area contributed by atoms with Crippen LogP contribution < -0.4 is 14.4 Å². The molecule has 1 atom stereocenters. The van der Waals surface area contributed by atoms with Crippen molar-refractivity contribution in [2.24, 2.45) is 0 Å². The third-order valence-electron chi connectivity index (χ3n) is 6.55. The van der Waals surface area contributed by atoms with Gasteiger partial charge in [0.15, 0.2) is 0 Å². The van der Waals surface area contributed by atoms with Gasteiger partial charge >= 0.3 is 0 Å². The largest absolute Gasteiger partial charge is 0.497 e. The van der Waals surface area contributed by atoms with E-state index < -0.39 is 34.1 Å². The fourth-order valence-corrected chi connectivity index (χ4v) is 5.90. The van der Waals surface area contributed by atoms with Crippen molar-refractivity contribution in [1.82, 2.24) is 10.2 Å². The Bertz CT molecular complexity index is 1460. The number of nitrogens with one attached hydrogen (secondary N) is 1. The van der Waals surface area contributed by atoms with Gasteiger partial charge in [-0.2, -0.15) is 0 Å². The summed E-state index contributed by atoms with van der Waals surface area (Å²) in [7, 11) is -2.56. The summed E-state index contributed by atoms with van der Waals surface area (Å²) in [5.41, 5.74) is 2.37. The number of hydrogen-bond donors (Lipinski definition) is 1. The number of benzene rings is 3. The minimum absolute atomic E-state index is 0.0780. The van der Waals surface area contributed by atoms with E-state index in [1.165, 1.54) is 17.0 Å². The SMILES string of the molecule is CC[C@@H](C(=O)NC(C)(C)C)N(Cc1cccc(OC)c1)C(=O)CN(c1cccc(C)c1)S(=O)(=O)c1ccc(C)cc1. The molecule has 0 aliphatic carbocycles. The second kappa shape index (κ2) is 13.2. The smallest absolute Gasteiger partial charge is 0.264 e. The molecule has 3 rings (SSSR count). The van der Waals surface area contributed by atoms with Gasteiger partial charge < -0.3 is 15.0 Å². The third-order valence-corrected chi connectivity index (χ3v) is 8.34. The lowest BCUT2D eigenvalue weighted by atomic mass is 10.1. The predicted octanol–water partition coefficient (Wildman–Crippen LogP) is 5.23. The van der Waals surface area contributed by atoms with Gasteiger partial charge in [0.05, 0.1) is 17.7 Å². The van der Waals surface area contributed by atoms with Crippen molar-refractivity contribution in [3.05, 3.63) is 89.5 Å². The van der Waals surface area contributed by atoms with Crippen molar-refractivity contribution >= 4 is 27.5 Å². The maximum absolute atomic E-state index is 14.2. The predicted molar refractivity (Wildman–Crippen MR) is 162 cm³/mol. The first-order valence-electron chi connectivity index (χ1n) is 13.7. The van der Waals surface area contributed by atoms with Crippen LogP contribution >= 0.6 is 0 Å². The van der Waals surface area contributed by atoms with Gasteiger partial charge in [0.2, 0.25) is 11.8 Å². The molecule has 0 spiro atoms. The third kappa shape index (κ3) is 8.33. The van der Waals surface area contributed by atoms with Crippen LogP contribution in [0.4, 0.5) is 5.69 Å². The molecule has 0 bridgehead atoms. The van der Waals surface area contributed by atoms with Gasteiger partial charge in [0.1, 0.15) is 18.3 Å². The molecule has 0 aromatic heterocycles. The van der Waals surface area contributed by atoms with Gasteiger partial charge in [-0.15, -0.1) is 0 Å². The fourth-order valence-electron chi connectivity index (χ4n) is 4.49. The first kappa shape index (κ1) is 31.7. The number of nitrogens with zero attached hydrogens (tertiary/aromatic N) is 2. The van der Waals surface area contributed by atoms with E-state index >= 15 is 0 Å². The summed E-state index contributed by atoms with van der Waals surface area (Å²) in [6.45, 7) is 10.8. The average Bonchev–Trinajstić information content (AvgIpc) is 2.90. The number of aryl methyl sites for hydroxylation is 2. The van der Waals surface area contributed by atoms with Crippen LogP contribution in [0.2, 0.25) is 0 Å². The molecule has 3 aromatic rings.